The minimum atomic E-state index is -0.00968. The van der Waals surface area contributed by atoms with Crippen molar-refractivity contribution in [1.29, 1.82) is 0 Å². The van der Waals surface area contributed by atoms with Crippen LogP contribution in [0.2, 0.25) is 0 Å². The van der Waals surface area contributed by atoms with Gasteiger partial charge in [0.1, 0.15) is 0 Å². The van der Waals surface area contributed by atoms with Crippen molar-refractivity contribution in [3.05, 3.63) is 0 Å². The van der Waals surface area contributed by atoms with Crippen molar-refractivity contribution >= 4 is 0 Å². The van der Waals surface area contributed by atoms with Gasteiger partial charge in [0.25, 0.3) is 0 Å². The summed E-state index contributed by atoms with van der Waals surface area (Å²) in [6.07, 6.45) is 10.5. The van der Waals surface area contributed by atoms with Gasteiger partial charge in [0.2, 0.25) is 0 Å². The lowest BCUT2D eigenvalue weighted by Gasteiger charge is -2.41. The fraction of sp³-hybridized carbons (Fsp3) is 1.00. The van der Waals surface area contributed by atoms with Gasteiger partial charge in [-0.05, 0) is 63.3 Å². The lowest BCUT2D eigenvalue weighted by atomic mass is 9.73. The van der Waals surface area contributed by atoms with Crippen LogP contribution in [-0.2, 0) is 0 Å². The monoisotopic (exact) mass is 251 g/mol. The second-order valence-corrected chi connectivity index (χ2v) is 7.30. The molecule has 104 valence electrons. The number of fused-ring (bicyclic) bond motifs is 2. The second kappa shape index (κ2) is 5.13. The first kappa shape index (κ1) is 12.9. The van der Waals surface area contributed by atoms with E-state index in [2.05, 4.69) is 18.9 Å². The second-order valence-electron chi connectivity index (χ2n) is 7.30. The SMILES string of the molecule is CC1CCCC(C(O)C2CC3CCC(C2)N3C)C1. The van der Waals surface area contributed by atoms with Crippen LogP contribution in [0.15, 0.2) is 0 Å². The first-order valence-corrected chi connectivity index (χ1v) is 8.05. The Morgan fingerprint density at radius 2 is 1.61 bits per heavy atom. The molecule has 1 N–H and O–H groups in total. The molecule has 0 aromatic heterocycles. The molecule has 0 amide bonds. The third-order valence-electron chi connectivity index (χ3n) is 6.08. The van der Waals surface area contributed by atoms with E-state index in [9.17, 15) is 5.11 Å². The molecule has 0 aromatic rings. The van der Waals surface area contributed by atoms with Crippen LogP contribution in [0, 0.1) is 17.8 Å². The summed E-state index contributed by atoms with van der Waals surface area (Å²) in [5.41, 5.74) is 0. The van der Waals surface area contributed by atoms with E-state index in [-0.39, 0.29) is 6.10 Å². The molecular formula is C16H29NO. The highest BCUT2D eigenvalue weighted by molar-refractivity contribution is 4.96. The molecule has 0 aromatic carbocycles. The quantitative estimate of drug-likeness (QED) is 0.815. The number of nitrogens with zero attached hydrogens (tertiary/aromatic N) is 1. The minimum absolute atomic E-state index is 0.00968. The molecule has 5 unspecified atom stereocenters. The summed E-state index contributed by atoms with van der Waals surface area (Å²) in [5, 5.41) is 10.7. The molecule has 1 saturated carbocycles. The van der Waals surface area contributed by atoms with Crippen LogP contribution in [0.5, 0.6) is 0 Å². The van der Waals surface area contributed by atoms with E-state index in [1.165, 1.54) is 51.4 Å². The zero-order valence-electron chi connectivity index (χ0n) is 12.0. The molecule has 2 bridgehead atoms. The topological polar surface area (TPSA) is 23.5 Å². The minimum Gasteiger partial charge on any atom is -0.393 e. The van der Waals surface area contributed by atoms with Crippen LogP contribution in [0.3, 0.4) is 0 Å². The molecule has 1 aliphatic carbocycles. The fourth-order valence-electron chi connectivity index (χ4n) is 4.91. The summed E-state index contributed by atoms with van der Waals surface area (Å²) in [7, 11) is 2.29. The highest BCUT2D eigenvalue weighted by Crippen LogP contribution is 2.42. The molecule has 5 atom stereocenters. The standard InChI is InChI=1S/C16H29NO/c1-11-4-3-5-12(8-11)16(18)13-9-14-6-7-15(10-13)17(14)2/h11-16,18H,3-10H2,1-2H3. The Morgan fingerprint density at radius 1 is 0.944 bits per heavy atom. The lowest BCUT2D eigenvalue weighted by Crippen LogP contribution is -2.45. The van der Waals surface area contributed by atoms with E-state index >= 15 is 0 Å². The average molecular weight is 251 g/mol. The van der Waals surface area contributed by atoms with Crippen LogP contribution in [0.4, 0.5) is 0 Å². The number of rotatable bonds is 2. The number of piperidine rings is 1. The molecular weight excluding hydrogens is 222 g/mol. The Bertz CT molecular complexity index is 279. The zero-order valence-corrected chi connectivity index (χ0v) is 12.0. The number of aliphatic hydroxyl groups is 1. The Kier molecular flexibility index (Phi) is 3.68. The molecule has 3 fully saturated rings. The third-order valence-corrected chi connectivity index (χ3v) is 6.08. The zero-order chi connectivity index (χ0) is 12.7. The number of aliphatic hydroxyl groups excluding tert-OH is 1. The third kappa shape index (κ3) is 2.34. The molecule has 3 aliphatic rings. The van der Waals surface area contributed by atoms with Gasteiger partial charge in [-0.1, -0.05) is 19.8 Å². The summed E-state index contributed by atoms with van der Waals surface area (Å²) in [4.78, 5) is 2.58. The van der Waals surface area contributed by atoms with Gasteiger partial charge in [-0.3, -0.25) is 0 Å². The van der Waals surface area contributed by atoms with E-state index in [1.807, 2.05) is 0 Å². The van der Waals surface area contributed by atoms with Gasteiger partial charge in [0.05, 0.1) is 6.10 Å². The Balaban J connectivity index is 1.61. The molecule has 2 nitrogen and oxygen atoms in total. The average Bonchev–Trinajstić information content (AvgIpc) is 2.61. The normalized spacial score (nSPS) is 47.2. The van der Waals surface area contributed by atoms with Gasteiger partial charge in [-0.25, -0.2) is 0 Å². The largest absolute Gasteiger partial charge is 0.393 e. The summed E-state index contributed by atoms with van der Waals surface area (Å²) >= 11 is 0. The molecule has 3 rings (SSSR count). The van der Waals surface area contributed by atoms with Gasteiger partial charge in [-0.2, -0.15) is 0 Å². The Morgan fingerprint density at radius 3 is 2.22 bits per heavy atom. The van der Waals surface area contributed by atoms with E-state index in [4.69, 9.17) is 0 Å². The first-order chi connectivity index (χ1) is 8.65. The summed E-state index contributed by atoms with van der Waals surface area (Å²) < 4.78 is 0. The molecule has 2 saturated heterocycles. The van der Waals surface area contributed by atoms with Crippen LogP contribution in [0.1, 0.15) is 58.3 Å². The highest BCUT2D eigenvalue weighted by atomic mass is 16.3. The van der Waals surface area contributed by atoms with Crippen molar-refractivity contribution < 1.29 is 5.11 Å². The van der Waals surface area contributed by atoms with Crippen molar-refractivity contribution in [2.75, 3.05) is 7.05 Å². The van der Waals surface area contributed by atoms with E-state index in [1.54, 1.807) is 0 Å². The van der Waals surface area contributed by atoms with Crippen LogP contribution in [0.25, 0.3) is 0 Å². The van der Waals surface area contributed by atoms with E-state index < -0.39 is 0 Å². The molecule has 2 heteroatoms. The molecule has 0 spiro atoms. The highest BCUT2D eigenvalue weighted by Gasteiger charge is 2.42. The number of hydrogen-bond donors (Lipinski definition) is 1. The van der Waals surface area contributed by atoms with Crippen molar-refractivity contribution in [1.82, 2.24) is 4.90 Å². The maximum absolute atomic E-state index is 10.7. The van der Waals surface area contributed by atoms with E-state index in [0.717, 1.165) is 18.0 Å². The van der Waals surface area contributed by atoms with Crippen LogP contribution < -0.4 is 0 Å². The molecule has 18 heavy (non-hydrogen) atoms. The molecule has 2 heterocycles. The molecule has 2 aliphatic heterocycles. The van der Waals surface area contributed by atoms with Gasteiger partial charge >= 0.3 is 0 Å². The fourth-order valence-corrected chi connectivity index (χ4v) is 4.91. The number of hydrogen-bond acceptors (Lipinski definition) is 2. The van der Waals surface area contributed by atoms with Gasteiger partial charge < -0.3 is 10.0 Å². The summed E-state index contributed by atoms with van der Waals surface area (Å²) in [6, 6.07) is 1.54. The van der Waals surface area contributed by atoms with Crippen molar-refractivity contribution in [3.8, 4) is 0 Å². The van der Waals surface area contributed by atoms with Gasteiger partial charge in [0, 0.05) is 12.1 Å². The van der Waals surface area contributed by atoms with Gasteiger partial charge in [0.15, 0.2) is 0 Å². The Hall–Kier alpha value is -0.0800. The maximum atomic E-state index is 10.7. The lowest BCUT2D eigenvalue weighted by molar-refractivity contribution is -0.0145. The van der Waals surface area contributed by atoms with Crippen LogP contribution >= 0.6 is 0 Å². The van der Waals surface area contributed by atoms with Crippen molar-refractivity contribution in [2.24, 2.45) is 17.8 Å². The van der Waals surface area contributed by atoms with Crippen molar-refractivity contribution in [3.63, 3.8) is 0 Å². The predicted molar refractivity (Wildman–Crippen MR) is 74.4 cm³/mol. The van der Waals surface area contributed by atoms with Crippen LogP contribution in [-0.4, -0.2) is 35.2 Å². The Labute approximate surface area is 112 Å². The molecule has 0 radical (unpaired) electrons. The smallest absolute Gasteiger partial charge is 0.0597 e. The maximum Gasteiger partial charge on any atom is 0.0597 e. The summed E-state index contributed by atoms with van der Waals surface area (Å²) in [6.45, 7) is 2.36. The van der Waals surface area contributed by atoms with E-state index in [0.29, 0.717) is 11.8 Å². The van der Waals surface area contributed by atoms with Crippen molar-refractivity contribution in [2.45, 2.75) is 76.5 Å². The predicted octanol–water partition coefficient (Wildman–Crippen LogP) is 3.05. The summed E-state index contributed by atoms with van der Waals surface area (Å²) in [5.74, 6) is 2.02. The first-order valence-electron chi connectivity index (χ1n) is 8.05. The van der Waals surface area contributed by atoms with Gasteiger partial charge in [-0.15, -0.1) is 0 Å².